The molecule has 2 aromatic rings. The molecule has 2 atom stereocenters. The Hall–Kier alpha value is -3.04. The van der Waals surface area contributed by atoms with Gasteiger partial charge in [0, 0.05) is 37.7 Å². The Bertz CT molecular complexity index is 1520. The Kier molecular flexibility index (Phi) is 10.3. The van der Waals surface area contributed by atoms with Gasteiger partial charge in [0.15, 0.2) is 15.9 Å². The molecule has 42 heavy (non-hydrogen) atoms. The number of rotatable bonds is 10. The van der Waals surface area contributed by atoms with Gasteiger partial charge >= 0.3 is 0 Å². The number of nitrogens with zero attached hydrogens (tertiary/aromatic N) is 2. The maximum absolute atomic E-state index is 13.8. The van der Waals surface area contributed by atoms with Crippen LogP contribution in [0.15, 0.2) is 48.5 Å². The molecule has 0 bridgehead atoms. The predicted octanol–water partition coefficient (Wildman–Crippen LogP) is 0.151. The third kappa shape index (κ3) is 8.07. The molecule has 2 saturated heterocycles. The van der Waals surface area contributed by atoms with Gasteiger partial charge in [0.05, 0.1) is 17.3 Å². The highest BCUT2D eigenvalue weighted by Crippen LogP contribution is 2.21. The van der Waals surface area contributed by atoms with Crippen LogP contribution in [0.25, 0.3) is 0 Å². The molecule has 0 aromatic heterocycles. The molecule has 15 heteroatoms. The van der Waals surface area contributed by atoms with Crippen LogP contribution < -0.4 is 15.8 Å². The van der Waals surface area contributed by atoms with E-state index in [4.69, 9.17) is 17.3 Å². The van der Waals surface area contributed by atoms with Crippen molar-refractivity contribution in [1.29, 1.82) is 0 Å². The number of amides is 3. The second-order valence-electron chi connectivity index (χ2n) is 10.3. The molecule has 2 aliphatic heterocycles. The fourth-order valence-electron chi connectivity index (χ4n) is 5.06. The molecule has 0 radical (unpaired) electrons. The fourth-order valence-corrected chi connectivity index (χ4v) is 7.74. The van der Waals surface area contributed by atoms with Crippen molar-refractivity contribution in [3.63, 3.8) is 0 Å². The summed E-state index contributed by atoms with van der Waals surface area (Å²) < 4.78 is 52.4. The van der Waals surface area contributed by atoms with E-state index in [9.17, 15) is 31.2 Å². The van der Waals surface area contributed by atoms with Gasteiger partial charge in [-0.2, -0.15) is 4.72 Å². The molecule has 4 N–H and O–H groups in total. The number of nitrogens with one attached hydrogen (secondary N) is 2. The summed E-state index contributed by atoms with van der Waals surface area (Å²) in [5.41, 5.74) is 7.75. The lowest BCUT2D eigenvalue weighted by molar-refractivity contribution is -0.146. The van der Waals surface area contributed by atoms with Crippen LogP contribution in [0.2, 0.25) is 5.02 Å². The number of halogens is 1. The SMILES string of the molecule is NCc1ccc(Cl)cc1CNC(=O)[C@@H]1CCCN1C(=O)C(NS(=O)(=O)Cc1ccccc1)C(=O)N1CCS(=O)(=O)CC1. The van der Waals surface area contributed by atoms with Gasteiger partial charge in [0.1, 0.15) is 6.04 Å². The van der Waals surface area contributed by atoms with Crippen molar-refractivity contribution < 1.29 is 31.2 Å². The van der Waals surface area contributed by atoms with Crippen LogP contribution >= 0.6 is 11.6 Å². The fraction of sp³-hybridized carbons (Fsp3) is 0.444. The van der Waals surface area contributed by atoms with E-state index in [0.29, 0.717) is 23.4 Å². The van der Waals surface area contributed by atoms with E-state index in [2.05, 4.69) is 10.0 Å². The Balaban J connectivity index is 1.53. The van der Waals surface area contributed by atoms with Gasteiger partial charge in [-0.25, -0.2) is 16.8 Å². The maximum atomic E-state index is 13.8. The van der Waals surface area contributed by atoms with Crippen LogP contribution in [-0.2, 0) is 53.1 Å². The first-order valence-electron chi connectivity index (χ1n) is 13.5. The third-order valence-electron chi connectivity index (χ3n) is 7.33. The molecule has 2 fully saturated rings. The molecule has 0 saturated carbocycles. The van der Waals surface area contributed by atoms with E-state index < -0.39 is 55.4 Å². The molecular weight excluding hydrogens is 606 g/mol. The highest BCUT2D eigenvalue weighted by Gasteiger charge is 2.43. The molecule has 1 unspecified atom stereocenters. The summed E-state index contributed by atoms with van der Waals surface area (Å²) in [4.78, 5) is 43.0. The quantitative estimate of drug-likeness (QED) is 0.308. The van der Waals surface area contributed by atoms with E-state index in [1.54, 1.807) is 48.5 Å². The van der Waals surface area contributed by atoms with Crippen LogP contribution in [0, 0.1) is 0 Å². The number of sulfonamides is 1. The first-order valence-corrected chi connectivity index (χ1v) is 17.3. The molecule has 228 valence electrons. The summed E-state index contributed by atoms with van der Waals surface area (Å²) in [5.74, 6) is -3.26. The zero-order valence-electron chi connectivity index (χ0n) is 22.9. The first-order chi connectivity index (χ1) is 19.9. The van der Waals surface area contributed by atoms with Crippen LogP contribution in [0.3, 0.4) is 0 Å². The Morgan fingerprint density at radius 3 is 2.36 bits per heavy atom. The smallest absolute Gasteiger partial charge is 0.251 e. The van der Waals surface area contributed by atoms with Gasteiger partial charge in [-0.15, -0.1) is 0 Å². The van der Waals surface area contributed by atoms with E-state index >= 15 is 0 Å². The number of carbonyl (C=O) groups is 3. The van der Waals surface area contributed by atoms with Crippen LogP contribution in [0.4, 0.5) is 0 Å². The molecule has 2 aliphatic rings. The molecule has 2 aromatic carbocycles. The maximum Gasteiger partial charge on any atom is 0.251 e. The normalized spacial score (nSPS) is 19.3. The van der Waals surface area contributed by atoms with Crippen molar-refractivity contribution in [2.24, 2.45) is 5.73 Å². The highest BCUT2D eigenvalue weighted by atomic mass is 35.5. The first kappa shape index (κ1) is 31.9. The van der Waals surface area contributed by atoms with E-state index in [0.717, 1.165) is 11.1 Å². The number of benzene rings is 2. The second kappa shape index (κ2) is 13.5. The van der Waals surface area contributed by atoms with Gasteiger partial charge < -0.3 is 20.9 Å². The minimum atomic E-state index is -4.20. The summed E-state index contributed by atoms with van der Waals surface area (Å²) in [7, 11) is -7.54. The average molecular weight is 640 g/mol. The predicted molar refractivity (Wildman–Crippen MR) is 157 cm³/mol. The van der Waals surface area contributed by atoms with E-state index in [1.165, 1.54) is 9.80 Å². The van der Waals surface area contributed by atoms with Crippen LogP contribution in [-0.4, -0.2) is 87.6 Å². The molecule has 12 nitrogen and oxygen atoms in total. The number of likely N-dealkylation sites (tertiary alicyclic amines) is 1. The van der Waals surface area contributed by atoms with Crippen molar-refractivity contribution >= 4 is 49.2 Å². The van der Waals surface area contributed by atoms with Gasteiger partial charge in [0.2, 0.25) is 21.8 Å². The van der Waals surface area contributed by atoms with Crippen LogP contribution in [0.1, 0.15) is 29.5 Å². The molecule has 3 amide bonds. The lowest BCUT2D eigenvalue weighted by atomic mass is 10.1. The summed E-state index contributed by atoms with van der Waals surface area (Å²) in [5, 5.41) is 3.28. The summed E-state index contributed by atoms with van der Waals surface area (Å²) in [6, 6.07) is 10.6. The minimum absolute atomic E-state index is 0.110. The third-order valence-corrected chi connectivity index (χ3v) is 10.5. The molecule has 0 aliphatic carbocycles. The molecule has 4 rings (SSSR count). The monoisotopic (exact) mass is 639 g/mol. The molecule has 0 spiro atoms. The Morgan fingerprint density at radius 2 is 1.69 bits per heavy atom. The molecule has 2 heterocycles. The number of hydrogen-bond donors (Lipinski definition) is 3. The van der Waals surface area contributed by atoms with Crippen LogP contribution in [0.5, 0.6) is 0 Å². The number of hydrogen-bond acceptors (Lipinski definition) is 8. The van der Waals surface area contributed by atoms with Crippen molar-refractivity contribution in [3.8, 4) is 0 Å². The number of nitrogens with two attached hydrogens (primary N) is 1. The minimum Gasteiger partial charge on any atom is -0.350 e. The molecular formula is C27H34ClN5O7S2. The summed E-state index contributed by atoms with van der Waals surface area (Å²) in [6.45, 7) is 0.150. The summed E-state index contributed by atoms with van der Waals surface area (Å²) in [6.07, 6.45) is 0.783. The summed E-state index contributed by atoms with van der Waals surface area (Å²) >= 11 is 6.10. The average Bonchev–Trinajstić information content (AvgIpc) is 3.45. The zero-order valence-corrected chi connectivity index (χ0v) is 25.3. The van der Waals surface area contributed by atoms with Crippen molar-refractivity contribution in [2.75, 3.05) is 31.1 Å². The van der Waals surface area contributed by atoms with Gasteiger partial charge in [-0.3, -0.25) is 14.4 Å². The second-order valence-corrected chi connectivity index (χ2v) is 14.8. The number of carbonyl (C=O) groups excluding carboxylic acids is 3. The topological polar surface area (TPSA) is 176 Å². The van der Waals surface area contributed by atoms with Gasteiger partial charge in [0.25, 0.3) is 5.91 Å². The van der Waals surface area contributed by atoms with Gasteiger partial charge in [-0.1, -0.05) is 48.0 Å². The van der Waals surface area contributed by atoms with Crippen molar-refractivity contribution in [1.82, 2.24) is 19.8 Å². The van der Waals surface area contributed by atoms with Crippen molar-refractivity contribution in [3.05, 3.63) is 70.2 Å². The lowest BCUT2D eigenvalue weighted by Crippen LogP contribution is -2.60. The number of sulfone groups is 1. The van der Waals surface area contributed by atoms with E-state index in [1.807, 2.05) is 0 Å². The van der Waals surface area contributed by atoms with Crippen molar-refractivity contribution in [2.45, 2.75) is 43.8 Å². The van der Waals surface area contributed by atoms with Gasteiger partial charge in [-0.05, 0) is 41.7 Å². The Labute approximate surface area is 250 Å². The zero-order chi connectivity index (χ0) is 30.5. The standard InChI is InChI=1S/C27H34ClN5O7S2/c28-22-9-8-20(16-29)21(15-22)17-30-25(34)23-7-4-10-33(23)27(36)24(26(35)32-11-13-41(37,38)14-12-32)31-42(39,40)18-19-5-2-1-3-6-19/h1-3,5-6,8-9,15,23-24,31H,4,7,10-14,16-18,29H2,(H,30,34)/t23-,24?/m0/s1. The van der Waals surface area contributed by atoms with E-state index in [-0.39, 0.29) is 44.2 Å². The Morgan fingerprint density at radius 1 is 1.00 bits per heavy atom. The lowest BCUT2D eigenvalue weighted by Gasteiger charge is -2.33. The largest absolute Gasteiger partial charge is 0.350 e. The highest BCUT2D eigenvalue weighted by molar-refractivity contribution is 7.91.